The molecule has 0 saturated carbocycles. The van der Waals surface area contributed by atoms with Gasteiger partial charge in [0.1, 0.15) is 0 Å². The van der Waals surface area contributed by atoms with Crippen molar-refractivity contribution in [1.82, 2.24) is 9.38 Å². The Morgan fingerprint density at radius 2 is 1.95 bits per heavy atom. The van der Waals surface area contributed by atoms with Crippen LogP contribution in [0.4, 0.5) is 5.69 Å². The first kappa shape index (κ1) is 14.7. The van der Waals surface area contributed by atoms with E-state index in [1.54, 1.807) is 4.90 Å². The number of aromatic nitrogens is 2. The molecule has 0 aliphatic heterocycles. The minimum atomic E-state index is 0.0892. The molecule has 3 aromatic rings. The summed E-state index contributed by atoms with van der Waals surface area (Å²) in [5.74, 6) is 0.461. The van der Waals surface area contributed by atoms with Gasteiger partial charge < -0.3 is 4.90 Å². The number of hydrogen-bond donors (Lipinski definition) is 0. The fourth-order valence-corrected chi connectivity index (χ4v) is 3.18. The third-order valence-corrected chi connectivity index (χ3v) is 4.37. The summed E-state index contributed by atoms with van der Waals surface area (Å²) >= 11 is 1.46. The highest BCUT2D eigenvalue weighted by Crippen LogP contribution is 2.20. The number of carbonyl (C=O) groups is 1. The maximum absolute atomic E-state index is 12.5. The lowest BCUT2D eigenvalue weighted by molar-refractivity contribution is -0.116. The van der Waals surface area contributed by atoms with Crippen molar-refractivity contribution in [3.8, 4) is 0 Å². The second-order valence-corrected chi connectivity index (χ2v) is 5.74. The van der Waals surface area contributed by atoms with Crippen LogP contribution in [0.3, 0.4) is 0 Å². The van der Waals surface area contributed by atoms with Gasteiger partial charge in [-0.05, 0) is 31.2 Å². The number of thioether (sulfide) groups is 1. The van der Waals surface area contributed by atoms with Gasteiger partial charge in [-0.2, -0.15) is 0 Å². The van der Waals surface area contributed by atoms with Crippen molar-refractivity contribution in [3.63, 3.8) is 0 Å². The molecule has 2 heterocycles. The van der Waals surface area contributed by atoms with E-state index in [1.807, 2.05) is 72.2 Å². The second kappa shape index (κ2) is 6.66. The Labute approximate surface area is 133 Å². The van der Waals surface area contributed by atoms with Crippen molar-refractivity contribution in [2.45, 2.75) is 12.1 Å². The largest absolute Gasteiger partial charge is 0.312 e. The van der Waals surface area contributed by atoms with E-state index in [0.29, 0.717) is 12.3 Å². The smallest absolute Gasteiger partial charge is 0.237 e. The van der Waals surface area contributed by atoms with Gasteiger partial charge in [-0.3, -0.25) is 9.20 Å². The van der Waals surface area contributed by atoms with Gasteiger partial charge in [0, 0.05) is 18.4 Å². The first-order valence-electron chi connectivity index (χ1n) is 7.20. The summed E-state index contributed by atoms with van der Waals surface area (Å²) < 4.78 is 2.00. The number of carbonyl (C=O) groups excluding carboxylic acids is 1. The molecule has 0 bridgehead atoms. The molecule has 0 radical (unpaired) electrons. The molecule has 1 amide bonds. The van der Waals surface area contributed by atoms with E-state index in [4.69, 9.17) is 0 Å². The van der Waals surface area contributed by atoms with Crippen LogP contribution in [0, 0.1) is 0 Å². The molecule has 0 saturated heterocycles. The van der Waals surface area contributed by atoms with Crippen molar-refractivity contribution >= 4 is 28.9 Å². The summed E-state index contributed by atoms with van der Waals surface area (Å²) in [6, 6.07) is 15.7. The van der Waals surface area contributed by atoms with Gasteiger partial charge in [-0.25, -0.2) is 4.98 Å². The third kappa shape index (κ3) is 2.99. The van der Waals surface area contributed by atoms with Crippen molar-refractivity contribution in [1.29, 1.82) is 0 Å². The summed E-state index contributed by atoms with van der Waals surface area (Å²) in [5.41, 5.74) is 1.97. The molecule has 3 rings (SSSR count). The molecule has 0 N–H and O–H groups in total. The van der Waals surface area contributed by atoms with Crippen LogP contribution in [0.2, 0.25) is 0 Å². The van der Waals surface area contributed by atoms with Crippen LogP contribution in [0.25, 0.3) is 5.52 Å². The number of pyridine rings is 1. The summed E-state index contributed by atoms with van der Waals surface area (Å²) in [5, 5.41) is 0.841. The van der Waals surface area contributed by atoms with E-state index < -0.39 is 0 Å². The lowest BCUT2D eigenvalue weighted by Crippen LogP contribution is -2.32. The van der Waals surface area contributed by atoms with Crippen LogP contribution < -0.4 is 4.90 Å². The van der Waals surface area contributed by atoms with Crippen LogP contribution in [0.1, 0.15) is 6.92 Å². The predicted octanol–water partition coefficient (Wildman–Crippen LogP) is 3.48. The fraction of sp³-hybridized carbons (Fsp3) is 0.176. The molecule has 1 aromatic carbocycles. The number of hydrogen-bond acceptors (Lipinski definition) is 3. The van der Waals surface area contributed by atoms with Crippen molar-refractivity contribution in [2.75, 3.05) is 17.2 Å². The highest BCUT2D eigenvalue weighted by Gasteiger charge is 2.15. The zero-order valence-corrected chi connectivity index (χ0v) is 13.2. The average molecular weight is 311 g/mol. The fourth-order valence-electron chi connectivity index (χ4n) is 2.34. The van der Waals surface area contributed by atoms with Crippen LogP contribution >= 0.6 is 11.8 Å². The zero-order chi connectivity index (χ0) is 15.4. The molecular formula is C17H17N3OS. The van der Waals surface area contributed by atoms with Crippen molar-refractivity contribution in [3.05, 3.63) is 60.9 Å². The molecule has 0 unspecified atom stereocenters. The number of fused-ring (bicyclic) bond motifs is 1. The topological polar surface area (TPSA) is 37.6 Å². The first-order chi connectivity index (χ1) is 10.8. The molecule has 0 spiro atoms. The normalized spacial score (nSPS) is 10.8. The number of nitrogens with zero attached hydrogens (tertiary/aromatic N) is 3. The van der Waals surface area contributed by atoms with Crippen LogP contribution in [0.5, 0.6) is 0 Å². The number of anilines is 1. The van der Waals surface area contributed by atoms with Crippen molar-refractivity contribution in [2.24, 2.45) is 0 Å². The SMILES string of the molecule is CCN(C(=O)CSc1ncc2ccccn12)c1ccccc1. The predicted molar refractivity (Wildman–Crippen MR) is 90.4 cm³/mol. The molecule has 0 aliphatic carbocycles. The standard InChI is InChI=1S/C17H17N3OS/c1-2-19(14-8-4-3-5-9-14)16(21)13-22-17-18-12-15-10-6-7-11-20(15)17/h3-12H,2,13H2,1H3. The van der Waals surface area contributed by atoms with E-state index in [2.05, 4.69) is 4.98 Å². The highest BCUT2D eigenvalue weighted by molar-refractivity contribution is 7.99. The Morgan fingerprint density at radius 3 is 2.73 bits per heavy atom. The van der Waals surface area contributed by atoms with Crippen LogP contribution in [-0.4, -0.2) is 27.6 Å². The second-order valence-electron chi connectivity index (χ2n) is 4.80. The Balaban J connectivity index is 1.71. The van der Waals surface area contributed by atoms with E-state index in [1.165, 1.54) is 11.8 Å². The van der Waals surface area contributed by atoms with Gasteiger partial charge in [0.05, 0.1) is 17.5 Å². The number of para-hydroxylation sites is 1. The van der Waals surface area contributed by atoms with Gasteiger partial charge in [-0.1, -0.05) is 36.0 Å². The molecule has 112 valence electrons. The van der Waals surface area contributed by atoms with Crippen LogP contribution in [0.15, 0.2) is 66.1 Å². The Bertz CT molecular complexity index is 770. The lowest BCUT2D eigenvalue weighted by atomic mass is 10.3. The average Bonchev–Trinajstić information content (AvgIpc) is 2.98. The Hall–Kier alpha value is -2.27. The Morgan fingerprint density at radius 1 is 1.18 bits per heavy atom. The summed E-state index contributed by atoms with van der Waals surface area (Å²) in [6.45, 7) is 2.65. The summed E-state index contributed by atoms with van der Waals surface area (Å²) in [4.78, 5) is 18.6. The molecule has 0 fully saturated rings. The van der Waals surface area contributed by atoms with Gasteiger partial charge >= 0.3 is 0 Å². The maximum Gasteiger partial charge on any atom is 0.237 e. The number of imidazole rings is 1. The highest BCUT2D eigenvalue weighted by atomic mass is 32.2. The molecule has 22 heavy (non-hydrogen) atoms. The molecular weight excluding hydrogens is 294 g/mol. The van der Waals surface area contributed by atoms with Crippen LogP contribution in [-0.2, 0) is 4.79 Å². The number of benzene rings is 1. The molecule has 4 nitrogen and oxygen atoms in total. The third-order valence-electron chi connectivity index (χ3n) is 3.41. The van der Waals surface area contributed by atoms with Gasteiger partial charge in [0.15, 0.2) is 5.16 Å². The lowest BCUT2D eigenvalue weighted by Gasteiger charge is -2.20. The number of amides is 1. The van der Waals surface area contributed by atoms with Gasteiger partial charge in [0.25, 0.3) is 0 Å². The van der Waals surface area contributed by atoms with Crippen molar-refractivity contribution < 1.29 is 4.79 Å². The van der Waals surface area contributed by atoms with E-state index >= 15 is 0 Å². The first-order valence-corrected chi connectivity index (χ1v) is 8.18. The zero-order valence-electron chi connectivity index (χ0n) is 12.3. The maximum atomic E-state index is 12.5. The quantitative estimate of drug-likeness (QED) is 0.677. The van der Waals surface area contributed by atoms with Gasteiger partial charge in [0.2, 0.25) is 5.91 Å². The molecule has 5 heteroatoms. The van der Waals surface area contributed by atoms with Gasteiger partial charge in [-0.15, -0.1) is 0 Å². The molecule has 0 atom stereocenters. The minimum absolute atomic E-state index is 0.0892. The number of rotatable bonds is 5. The minimum Gasteiger partial charge on any atom is -0.312 e. The Kier molecular flexibility index (Phi) is 4.44. The monoisotopic (exact) mass is 311 g/mol. The van der Waals surface area contributed by atoms with E-state index in [-0.39, 0.29) is 5.91 Å². The molecule has 2 aromatic heterocycles. The molecule has 0 aliphatic rings. The summed E-state index contributed by atoms with van der Waals surface area (Å²) in [7, 11) is 0. The van der Waals surface area contributed by atoms with E-state index in [9.17, 15) is 4.79 Å². The summed E-state index contributed by atoms with van der Waals surface area (Å²) in [6.07, 6.45) is 3.78. The van der Waals surface area contributed by atoms with E-state index in [0.717, 1.165) is 16.4 Å².